The van der Waals surface area contributed by atoms with Crippen LogP contribution in [-0.2, 0) is 4.74 Å². The van der Waals surface area contributed by atoms with Gasteiger partial charge in [-0.3, -0.25) is 4.98 Å². The van der Waals surface area contributed by atoms with Gasteiger partial charge in [-0.2, -0.15) is 0 Å². The largest absolute Gasteiger partial charge is 0.386 e. The molecule has 3 nitrogen and oxygen atoms in total. The van der Waals surface area contributed by atoms with Crippen molar-refractivity contribution in [3.8, 4) is 0 Å². The Labute approximate surface area is 84.7 Å². The molecule has 0 aliphatic heterocycles. The molecule has 0 bridgehead atoms. The third kappa shape index (κ3) is 3.44. The summed E-state index contributed by atoms with van der Waals surface area (Å²) in [4.78, 5) is 4.07. The molecule has 0 amide bonds. The molecular weight excluding hydrogens is 178 g/mol. The SMILES string of the molecule is Cc1cc(C(O)COC(C)C)ccn1. The molecule has 0 fully saturated rings. The van der Waals surface area contributed by atoms with E-state index >= 15 is 0 Å². The minimum Gasteiger partial charge on any atom is -0.386 e. The summed E-state index contributed by atoms with van der Waals surface area (Å²) >= 11 is 0. The maximum absolute atomic E-state index is 9.74. The minimum atomic E-state index is -0.556. The zero-order valence-corrected chi connectivity index (χ0v) is 8.90. The lowest BCUT2D eigenvalue weighted by atomic mass is 10.1. The summed E-state index contributed by atoms with van der Waals surface area (Å²) in [5, 5.41) is 9.74. The number of ether oxygens (including phenoxy) is 1. The number of pyridine rings is 1. The molecular formula is C11H17NO2. The molecule has 1 heterocycles. The fourth-order valence-electron chi connectivity index (χ4n) is 1.15. The quantitative estimate of drug-likeness (QED) is 0.797. The van der Waals surface area contributed by atoms with E-state index in [1.165, 1.54) is 0 Å². The van der Waals surface area contributed by atoms with Gasteiger partial charge in [0, 0.05) is 11.9 Å². The summed E-state index contributed by atoms with van der Waals surface area (Å²) in [7, 11) is 0. The standard InChI is InChI=1S/C11H17NO2/c1-8(2)14-7-11(13)10-4-5-12-9(3)6-10/h4-6,8,11,13H,7H2,1-3H3. The Morgan fingerprint density at radius 3 is 2.79 bits per heavy atom. The molecule has 0 aliphatic carbocycles. The molecule has 1 N–H and O–H groups in total. The van der Waals surface area contributed by atoms with Gasteiger partial charge in [-0.1, -0.05) is 0 Å². The van der Waals surface area contributed by atoms with Crippen molar-refractivity contribution in [2.75, 3.05) is 6.61 Å². The van der Waals surface area contributed by atoms with Crippen LogP contribution in [-0.4, -0.2) is 22.8 Å². The van der Waals surface area contributed by atoms with Gasteiger partial charge in [0.2, 0.25) is 0 Å². The van der Waals surface area contributed by atoms with Gasteiger partial charge < -0.3 is 9.84 Å². The molecule has 1 rings (SSSR count). The third-order valence-corrected chi connectivity index (χ3v) is 1.89. The number of aromatic nitrogens is 1. The number of rotatable bonds is 4. The Bertz CT molecular complexity index is 286. The molecule has 78 valence electrons. The number of nitrogens with zero attached hydrogens (tertiary/aromatic N) is 1. The van der Waals surface area contributed by atoms with E-state index in [1.807, 2.05) is 26.8 Å². The van der Waals surface area contributed by atoms with Gasteiger partial charge in [-0.05, 0) is 38.5 Å². The van der Waals surface area contributed by atoms with Crippen LogP contribution < -0.4 is 0 Å². The lowest BCUT2D eigenvalue weighted by molar-refractivity contribution is 0.00488. The second kappa shape index (κ2) is 5.08. The van der Waals surface area contributed by atoms with E-state index in [1.54, 1.807) is 12.3 Å². The van der Waals surface area contributed by atoms with Crippen LogP contribution in [0.1, 0.15) is 31.2 Å². The molecule has 0 saturated heterocycles. The second-order valence-electron chi connectivity index (χ2n) is 3.63. The molecule has 1 unspecified atom stereocenters. The van der Waals surface area contributed by atoms with E-state index in [-0.39, 0.29) is 6.10 Å². The van der Waals surface area contributed by atoms with Crippen molar-refractivity contribution < 1.29 is 9.84 Å². The monoisotopic (exact) mass is 195 g/mol. The molecule has 0 aromatic carbocycles. The Hall–Kier alpha value is -0.930. The van der Waals surface area contributed by atoms with Gasteiger partial charge in [-0.15, -0.1) is 0 Å². The number of hydrogen-bond acceptors (Lipinski definition) is 3. The van der Waals surface area contributed by atoms with Crippen LogP contribution in [0.15, 0.2) is 18.3 Å². The van der Waals surface area contributed by atoms with Crippen LogP contribution >= 0.6 is 0 Å². The van der Waals surface area contributed by atoms with E-state index < -0.39 is 6.10 Å². The van der Waals surface area contributed by atoms with Crippen molar-refractivity contribution in [2.24, 2.45) is 0 Å². The van der Waals surface area contributed by atoms with Crippen molar-refractivity contribution >= 4 is 0 Å². The summed E-state index contributed by atoms with van der Waals surface area (Å²) in [5.74, 6) is 0. The van der Waals surface area contributed by atoms with Crippen molar-refractivity contribution in [3.05, 3.63) is 29.6 Å². The fourth-order valence-corrected chi connectivity index (χ4v) is 1.15. The highest BCUT2D eigenvalue weighted by molar-refractivity contribution is 5.17. The smallest absolute Gasteiger partial charge is 0.102 e. The summed E-state index contributed by atoms with van der Waals surface area (Å²) in [6.07, 6.45) is 1.29. The zero-order chi connectivity index (χ0) is 10.6. The molecule has 0 saturated carbocycles. The Balaban J connectivity index is 2.56. The van der Waals surface area contributed by atoms with E-state index in [9.17, 15) is 5.11 Å². The summed E-state index contributed by atoms with van der Waals surface area (Å²) < 4.78 is 5.33. The second-order valence-corrected chi connectivity index (χ2v) is 3.63. The summed E-state index contributed by atoms with van der Waals surface area (Å²) in [5.41, 5.74) is 1.77. The van der Waals surface area contributed by atoms with Crippen LogP contribution in [0.5, 0.6) is 0 Å². The molecule has 0 radical (unpaired) electrons. The van der Waals surface area contributed by atoms with Crippen LogP contribution in [0, 0.1) is 6.92 Å². The number of aliphatic hydroxyl groups is 1. The Morgan fingerprint density at radius 1 is 1.50 bits per heavy atom. The van der Waals surface area contributed by atoms with Gasteiger partial charge in [-0.25, -0.2) is 0 Å². The highest BCUT2D eigenvalue weighted by atomic mass is 16.5. The average molecular weight is 195 g/mol. The summed E-state index contributed by atoms with van der Waals surface area (Å²) in [6, 6.07) is 3.68. The van der Waals surface area contributed by atoms with Gasteiger partial charge >= 0.3 is 0 Å². The van der Waals surface area contributed by atoms with Crippen LogP contribution in [0.3, 0.4) is 0 Å². The fraction of sp³-hybridized carbons (Fsp3) is 0.545. The summed E-state index contributed by atoms with van der Waals surface area (Å²) in [6.45, 7) is 6.13. The first-order chi connectivity index (χ1) is 6.59. The van der Waals surface area contributed by atoms with E-state index in [2.05, 4.69) is 4.98 Å². The predicted molar refractivity (Wildman–Crippen MR) is 55.0 cm³/mol. The Kier molecular flexibility index (Phi) is 4.04. The first-order valence-corrected chi connectivity index (χ1v) is 4.82. The predicted octanol–water partition coefficient (Wildman–Crippen LogP) is 1.85. The van der Waals surface area contributed by atoms with Crippen LogP contribution in [0.25, 0.3) is 0 Å². The van der Waals surface area contributed by atoms with Crippen LogP contribution in [0.4, 0.5) is 0 Å². The molecule has 1 aromatic rings. The van der Waals surface area contributed by atoms with Crippen LogP contribution in [0.2, 0.25) is 0 Å². The van der Waals surface area contributed by atoms with Crippen molar-refractivity contribution in [1.29, 1.82) is 0 Å². The minimum absolute atomic E-state index is 0.146. The zero-order valence-electron chi connectivity index (χ0n) is 8.90. The normalized spacial score (nSPS) is 13.2. The first kappa shape index (κ1) is 11.1. The van der Waals surface area contributed by atoms with Gasteiger partial charge in [0.15, 0.2) is 0 Å². The molecule has 14 heavy (non-hydrogen) atoms. The highest BCUT2D eigenvalue weighted by Crippen LogP contribution is 2.13. The van der Waals surface area contributed by atoms with E-state index in [0.717, 1.165) is 11.3 Å². The third-order valence-electron chi connectivity index (χ3n) is 1.89. The molecule has 0 aliphatic rings. The maximum atomic E-state index is 9.74. The topological polar surface area (TPSA) is 42.4 Å². The van der Waals surface area contributed by atoms with E-state index in [0.29, 0.717) is 6.61 Å². The van der Waals surface area contributed by atoms with E-state index in [4.69, 9.17) is 4.74 Å². The van der Waals surface area contributed by atoms with Crippen molar-refractivity contribution in [1.82, 2.24) is 4.98 Å². The molecule has 0 spiro atoms. The maximum Gasteiger partial charge on any atom is 0.102 e. The van der Waals surface area contributed by atoms with Crippen molar-refractivity contribution in [2.45, 2.75) is 33.0 Å². The number of aliphatic hydroxyl groups excluding tert-OH is 1. The first-order valence-electron chi connectivity index (χ1n) is 4.82. The Morgan fingerprint density at radius 2 is 2.21 bits per heavy atom. The van der Waals surface area contributed by atoms with Gasteiger partial charge in [0.25, 0.3) is 0 Å². The average Bonchev–Trinajstić information content (AvgIpc) is 2.14. The highest BCUT2D eigenvalue weighted by Gasteiger charge is 2.08. The number of hydrogen-bond donors (Lipinski definition) is 1. The lowest BCUT2D eigenvalue weighted by Crippen LogP contribution is -2.12. The van der Waals surface area contributed by atoms with Gasteiger partial charge in [0.1, 0.15) is 6.10 Å². The molecule has 1 aromatic heterocycles. The van der Waals surface area contributed by atoms with Gasteiger partial charge in [0.05, 0.1) is 12.7 Å². The lowest BCUT2D eigenvalue weighted by Gasteiger charge is -2.13. The molecule has 3 heteroatoms. The van der Waals surface area contributed by atoms with Crippen molar-refractivity contribution in [3.63, 3.8) is 0 Å². The number of aryl methyl sites for hydroxylation is 1. The molecule has 1 atom stereocenters.